The van der Waals surface area contributed by atoms with Gasteiger partial charge in [0.05, 0.1) is 23.4 Å². The van der Waals surface area contributed by atoms with E-state index in [0.29, 0.717) is 34.1 Å². The lowest BCUT2D eigenvalue weighted by Gasteiger charge is -2.09. The van der Waals surface area contributed by atoms with Gasteiger partial charge in [0.25, 0.3) is 0 Å². The molecule has 1 N–H and O–H groups in total. The summed E-state index contributed by atoms with van der Waals surface area (Å²) in [5, 5.41) is 3.09. The summed E-state index contributed by atoms with van der Waals surface area (Å²) in [5.41, 5.74) is 2.02. The molecule has 6 nitrogen and oxygen atoms in total. The van der Waals surface area contributed by atoms with Crippen molar-refractivity contribution in [3.8, 4) is 5.82 Å². The van der Waals surface area contributed by atoms with Gasteiger partial charge in [0.15, 0.2) is 23.3 Å². The lowest BCUT2D eigenvalue weighted by Crippen LogP contribution is -2.04. The fourth-order valence-corrected chi connectivity index (χ4v) is 2.80. The molecule has 0 aliphatic rings. The Morgan fingerprint density at radius 2 is 1.78 bits per heavy atom. The monoisotopic (exact) mass is 365 g/mol. The molecule has 4 aromatic rings. The van der Waals surface area contributed by atoms with E-state index in [4.69, 9.17) is 0 Å². The first-order valence-corrected chi connectivity index (χ1v) is 8.04. The molecule has 27 heavy (non-hydrogen) atoms. The number of anilines is 2. The molecule has 0 aliphatic heterocycles. The summed E-state index contributed by atoms with van der Waals surface area (Å²) in [7, 11) is 0. The zero-order valence-corrected chi connectivity index (χ0v) is 14.1. The van der Waals surface area contributed by atoms with Crippen LogP contribution in [0.1, 0.15) is 16.2 Å². The molecule has 2 heterocycles. The first kappa shape index (κ1) is 16.8. The Hall–Kier alpha value is -3.68. The number of aldehydes is 1. The molecule has 4 rings (SSSR count). The second-order valence-electron chi connectivity index (χ2n) is 5.88. The number of carbonyl (C=O) groups excluding carboxylic acids is 1. The Morgan fingerprint density at radius 1 is 1.04 bits per heavy atom. The quantitative estimate of drug-likeness (QED) is 0.554. The lowest BCUT2D eigenvalue weighted by atomic mass is 10.2. The highest BCUT2D eigenvalue weighted by atomic mass is 19.2. The van der Waals surface area contributed by atoms with E-state index in [-0.39, 0.29) is 0 Å². The Kier molecular flexibility index (Phi) is 4.08. The summed E-state index contributed by atoms with van der Waals surface area (Å²) in [6, 6.07) is 8.99. The van der Waals surface area contributed by atoms with Gasteiger partial charge in [0.2, 0.25) is 0 Å². The van der Waals surface area contributed by atoms with Crippen LogP contribution in [0.25, 0.3) is 16.9 Å². The second-order valence-corrected chi connectivity index (χ2v) is 5.88. The van der Waals surface area contributed by atoms with Gasteiger partial charge in [-0.15, -0.1) is 0 Å². The van der Waals surface area contributed by atoms with Crippen molar-refractivity contribution in [3.05, 3.63) is 71.8 Å². The van der Waals surface area contributed by atoms with Gasteiger partial charge in [0, 0.05) is 23.4 Å². The Morgan fingerprint density at radius 3 is 2.52 bits per heavy atom. The van der Waals surface area contributed by atoms with Crippen LogP contribution in [0, 0.1) is 18.6 Å². The number of carbonyl (C=O) groups is 1. The molecular formula is C19H13F2N5O. The number of fused-ring (bicyclic) bond motifs is 1. The van der Waals surface area contributed by atoms with Crippen molar-refractivity contribution < 1.29 is 13.6 Å². The maximum absolute atomic E-state index is 13.7. The zero-order chi connectivity index (χ0) is 19.0. The molecule has 0 radical (unpaired) electrons. The number of aromatic nitrogens is 4. The standard InChI is InChI=1S/C19H13F2N5O/c1-11-23-16-6-14(20)15(21)7-17(16)26(11)19-9-22-8-18(25-19)24-13-4-2-12(10-27)3-5-13/h2-10H,1H3,(H,24,25). The predicted molar refractivity (Wildman–Crippen MR) is 96.4 cm³/mol. The number of nitrogens with zero attached hydrogens (tertiary/aromatic N) is 4. The second kappa shape index (κ2) is 6.56. The molecule has 0 amide bonds. The summed E-state index contributed by atoms with van der Waals surface area (Å²) in [4.78, 5) is 23.6. The van der Waals surface area contributed by atoms with E-state index in [0.717, 1.165) is 24.1 Å². The molecule has 0 unspecified atom stereocenters. The Labute approximate surface area is 152 Å². The van der Waals surface area contributed by atoms with Crippen molar-refractivity contribution in [2.75, 3.05) is 5.32 Å². The number of halogens is 2. The number of benzene rings is 2. The largest absolute Gasteiger partial charge is 0.339 e. The third-order valence-corrected chi connectivity index (χ3v) is 4.03. The van der Waals surface area contributed by atoms with E-state index in [2.05, 4.69) is 20.3 Å². The smallest absolute Gasteiger partial charge is 0.161 e. The van der Waals surface area contributed by atoms with Crippen LogP contribution in [-0.4, -0.2) is 25.8 Å². The topological polar surface area (TPSA) is 72.7 Å². The van der Waals surface area contributed by atoms with E-state index in [1.165, 1.54) is 12.4 Å². The van der Waals surface area contributed by atoms with E-state index >= 15 is 0 Å². The number of imidazole rings is 1. The molecule has 0 aliphatic carbocycles. The average Bonchev–Trinajstić information content (AvgIpc) is 2.97. The maximum Gasteiger partial charge on any atom is 0.161 e. The Balaban J connectivity index is 1.74. The fourth-order valence-electron chi connectivity index (χ4n) is 2.80. The molecular weight excluding hydrogens is 352 g/mol. The highest BCUT2D eigenvalue weighted by molar-refractivity contribution is 5.78. The van der Waals surface area contributed by atoms with Crippen molar-refractivity contribution >= 4 is 28.8 Å². The molecule has 0 bridgehead atoms. The van der Waals surface area contributed by atoms with Gasteiger partial charge in [0.1, 0.15) is 12.1 Å². The molecule has 0 saturated carbocycles. The van der Waals surface area contributed by atoms with Crippen LogP contribution < -0.4 is 5.32 Å². The highest BCUT2D eigenvalue weighted by Crippen LogP contribution is 2.23. The van der Waals surface area contributed by atoms with Crippen LogP contribution in [0.5, 0.6) is 0 Å². The maximum atomic E-state index is 13.7. The van der Waals surface area contributed by atoms with Crippen molar-refractivity contribution in [1.29, 1.82) is 0 Å². The molecule has 0 fully saturated rings. The first-order chi connectivity index (χ1) is 13.0. The van der Waals surface area contributed by atoms with E-state index in [9.17, 15) is 13.6 Å². The molecule has 0 saturated heterocycles. The molecule has 0 atom stereocenters. The number of hydrogen-bond acceptors (Lipinski definition) is 5. The SMILES string of the molecule is Cc1nc2cc(F)c(F)cc2n1-c1cncc(Nc2ccc(C=O)cc2)n1. The molecule has 134 valence electrons. The molecule has 2 aromatic heterocycles. The normalized spacial score (nSPS) is 10.9. The summed E-state index contributed by atoms with van der Waals surface area (Å²) >= 11 is 0. The molecule has 8 heteroatoms. The van der Waals surface area contributed by atoms with Gasteiger partial charge >= 0.3 is 0 Å². The van der Waals surface area contributed by atoms with Crippen LogP contribution in [0.15, 0.2) is 48.8 Å². The van der Waals surface area contributed by atoms with Crippen LogP contribution in [-0.2, 0) is 0 Å². The van der Waals surface area contributed by atoms with Gasteiger partial charge in [-0.3, -0.25) is 14.3 Å². The average molecular weight is 365 g/mol. The zero-order valence-electron chi connectivity index (χ0n) is 14.1. The minimum atomic E-state index is -0.957. The van der Waals surface area contributed by atoms with Crippen molar-refractivity contribution in [3.63, 3.8) is 0 Å². The van der Waals surface area contributed by atoms with Crippen LogP contribution in [0.3, 0.4) is 0 Å². The van der Waals surface area contributed by atoms with Crippen molar-refractivity contribution in [1.82, 2.24) is 19.5 Å². The van der Waals surface area contributed by atoms with Gasteiger partial charge < -0.3 is 5.32 Å². The van der Waals surface area contributed by atoms with Gasteiger partial charge in [-0.2, -0.15) is 0 Å². The van der Waals surface area contributed by atoms with E-state index < -0.39 is 11.6 Å². The lowest BCUT2D eigenvalue weighted by molar-refractivity contribution is 0.112. The minimum Gasteiger partial charge on any atom is -0.339 e. The van der Waals surface area contributed by atoms with Crippen LogP contribution in [0.4, 0.5) is 20.3 Å². The summed E-state index contributed by atoms with van der Waals surface area (Å²) in [6.45, 7) is 1.72. The summed E-state index contributed by atoms with van der Waals surface area (Å²) < 4.78 is 28.8. The number of rotatable bonds is 4. The number of nitrogens with one attached hydrogen (secondary N) is 1. The van der Waals surface area contributed by atoms with Gasteiger partial charge in [-0.25, -0.2) is 18.7 Å². The third kappa shape index (κ3) is 3.12. The first-order valence-electron chi connectivity index (χ1n) is 8.04. The fraction of sp³-hybridized carbons (Fsp3) is 0.0526. The van der Waals surface area contributed by atoms with Crippen molar-refractivity contribution in [2.24, 2.45) is 0 Å². The molecule has 0 spiro atoms. The number of hydrogen-bond donors (Lipinski definition) is 1. The molecule has 2 aromatic carbocycles. The predicted octanol–water partition coefficient (Wildman–Crippen LogP) is 3.96. The highest BCUT2D eigenvalue weighted by Gasteiger charge is 2.15. The van der Waals surface area contributed by atoms with Gasteiger partial charge in [-0.1, -0.05) is 0 Å². The minimum absolute atomic E-state index is 0.330. The van der Waals surface area contributed by atoms with Gasteiger partial charge in [-0.05, 0) is 31.2 Å². The summed E-state index contributed by atoms with van der Waals surface area (Å²) in [5.74, 6) is -0.518. The van der Waals surface area contributed by atoms with Crippen LogP contribution >= 0.6 is 0 Å². The summed E-state index contributed by atoms with van der Waals surface area (Å²) in [6.07, 6.45) is 3.81. The van der Waals surface area contributed by atoms with Crippen LogP contribution in [0.2, 0.25) is 0 Å². The van der Waals surface area contributed by atoms with E-state index in [1.54, 1.807) is 35.8 Å². The van der Waals surface area contributed by atoms with Crippen molar-refractivity contribution in [2.45, 2.75) is 6.92 Å². The number of aryl methyl sites for hydroxylation is 1. The third-order valence-electron chi connectivity index (χ3n) is 4.03. The van der Waals surface area contributed by atoms with E-state index in [1.807, 2.05) is 0 Å². The Bertz CT molecular complexity index is 1150.